The van der Waals surface area contributed by atoms with Crippen LogP contribution in [0.3, 0.4) is 0 Å². The van der Waals surface area contributed by atoms with Crippen LogP contribution < -0.4 is 5.84 Å². The molecule has 0 aliphatic carbocycles. The summed E-state index contributed by atoms with van der Waals surface area (Å²) in [6.07, 6.45) is 1.49. The topological polar surface area (TPSA) is 51.2 Å². The van der Waals surface area contributed by atoms with E-state index in [4.69, 9.17) is 5.84 Å². The first kappa shape index (κ1) is 6.09. The summed E-state index contributed by atoms with van der Waals surface area (Å²) in [6.45, 7) is 0. The first-order chi connectivity index (χ1) is 5.29. The first-order valence-corrected chi connectivity index (χ1v) is 3.33. The van der Waals surface area contributed by atoms with E-state index in [9.17, 15) is 5.11 Å². The predicted octanol–water partition coefficient (Wildman–Crippen LogP) is 1.06. The van der Waals surface area contributed by atoms with Crippen LogP contribution in [0.4, 0.5) is 0 Å². The van der Waals surface area contributed by atoms with Gasteiger partial charge in [0.2, 0.25) is 0 Å². The molecule has 0 fully saturated rings. The molecule has 0 unspecified atom stereocenters. The minimum absolute atomic E-state index is 0.225. The number of nitrogens with two attached hydrogens (primary N) is 1. The second-order valence-electron chi connectivity index (χ2n) is 2.44. The van der Waals surface area contributed by atoms with Crippen LogP contribution in [0.25, 0.3) is 10.9 Å². The summed E-state index contributed by atoms with van der Waals surface area (Å²) < 4.78 is 1.41. The summed E-state index contributed by atoms with van der Waals surface area (Å²) in [7, 11) is 0. The van der Waals surface area contributed by atoms with E-state index in [1.807, 2.05) is 24.3 Å². The monoisotopic (exact) mass is 148 g/mol. The molecule has 2 aromatic rings. The van der Waals surface area contributed by atoms with Gasteiger partial charge in [0.1, 0.15) is 5.75 Å². The molecular weight excluding hydrogens is 140 g/mol. The van der Waals surface area contributed by atoms with E-state index in [0.717, 1.165) is 10.9 Å². The lowest BCUT2D eigenvalue weighted by Gasteiger charge is -1.92. The normalized spacial score (nSPS) is 10.5. The third kappa shape index (κ3) is 0.741. The maximum Gasteiger partial charge on any atom is 0.143 e. The molecule has 0 amide bonds. The highest BCUT2D eigenvalue weighted by atomic mass is 16.3. The highest BCUT2D eigenvalue weighted by molar-refractivity contribution is 5.86. The minimum Gasteiger partial charge on any atom is -0.506 e. The van der Waals surface area contributed by atoms with Gasteiger partial charge in [-0.25, -0.2) is 0 Å². The maximum absolute atomic E-state index is 9.29. The van der Waals surface area contributed by atoms with Gasteiger partial charge < -0.3 is 10.9 Å². The zero-order chi connectivity index (χ0) is 7.84. The molecule has 0 aliphatic heterocycles. The molecule has 0 saturated heterocycles. The molecule has 2 rings (SSSR count). The van der Waals surface area contributed by atoms with Crippen LogP contribution >= 0.6 is 0 Å². The number of benzene rings is 1. The molecule has 3 heteroatoms. The number of nitrogens with zero attached hydrogens (tertiary/aromatic N) is 1. The maximum atomic E-state index is 9.29. The zero-order valence-corrected chi connectivity index (χ0v) is 5.86. The van der Waals surface area contributed by atoms with Gasteiger partial charge in [-0.15, -0.1) is 0 Å². The Bertz CT molecular complexity index is 356. The summed E-state index contributed by atoms with van der Waals surface area (Å²) in [4.78, 5) is 0. The van der Waals surface area contributed by atoms with E-state index in [-0.39, 0.29) is 5.75 Å². The Labute approximate surface area is 63.6 Å². The standard InChI is InChI=1S/C8H8N2O/c9-10-5-8(11)6-3-1-2-4-7(6)10/h1-5,11H,9H2. The van der Waals surface area contributed by atoms with Crippen molar-refractivity contribution in [2.45, 2.75) is 0 Å². The van der Waals surface area contributed by atoms with Crippen LogP contribution in [0, 0.1) is 0 Å². The second-order valence-corrected chi connectivity index (χ2v) is 2.44. The lowest BCUT2D eigenvalue weighted by atomic mass is 10.2. The van der Waals surface area contributed by atoms with Crippen molar-refractivity contribution in [2.24, 2.45) is 0 Å². The summed E-state index contributed by atoms with van der Waals surface area (Å²) in [6, 6.07) is 7.43. The van der Waals surface area contributed by atoms with Gasteiger partial charge in [-0.3, -0.25) is 4.68 Å². The van der Waals surface area contributed by atoms with Gasteiger partial charge in [0.05, 0.1) is 11.7 Å². The van der Waals surface area contributed by atoms with Crippen molar-refractivity contribution in [1.29, 1.82) is 0 Å². The Hall–Kier alpha value is -1.64. The number of hydrogen-bond donors (Lipinski definition) is 2. The summed E-state index contributed by atoms with van der Waals surface area (Å²) >= 11 is 0. The van der Waals surface area contributed by atoms with E-state index in [1.54, 1.807) is 0 Å². The molecule has 0 atom stereocenters. The van der Waals surface area contributed by atoms with Crippen LogP contribution in [-0.2, 0) is 0 Å². The van der Waals surface area contributed by atoms with Crippen LogP contribution in [0.5, 0.6) is 5.75 Å². The van der Waals surface area contributed by atoms with Crippen LogP contribution in [-0.4, -0.2) is 9.78 Å². The van der Waals surface area contributed by atoms with Crippen molar-refractivity contribution in [3.8, 4) is 5.75 Å². The van der Waals surface area contributed by atoms with Crippen molar-refractivity contribution in [2.75, 3.05) is 5.84 Å². The molecule has 0 spiro atoms. The Morgan fingerprint density at radius 3 is 2.73 bits per heavy atom. The molecule has 56 valence electrons. The van der Waals surface area contributed by atoms with Gasteiger partial charge in [-0.1, -0.05) is 12.1 Å². The van der Waals surface area contributed by atoms with Crippen LogP contribution in [0.2, 0.25) is 0 Å². The molecule has 1 heterocycles. The van der Waals surface area contributed by atoms with Crippen molar-refractivity contribution in [1.82, 2.24) is 4.68 Å². The average molecular weight is 148 g/mol. The number of rotatable bonds is 0. The lowest BCUT2D eigenvalue weighted by molar-refractivity contribution is 0.480. The fourth-order valence-electron chi connectivity index (χ4n) is 1.19. The Balaban J connectivity index is 2.95. The number of nitrogen functional groups attached to an aromatic ring is 1. The summed E-state index contributed by atoms with van der Waals surface area (Å²) in [5.41, 5.74) is 0.838. The molecule has 3 N–H and O–H groups in total. The fraction of sp³-hybridized carbons (Fsp3) is 0. The van der Waals surface area contributed by atoms with E-state index >= 15 is 0 Å². The highest BCUT2D eigenvalue weighted by Crippen LogP contribution is 2.24. The van der Waals surface area contributed by atoms with Crippen molar-refractivity contribution < 1.29 is 5.11 Å². The third-order valence-electron chi connectivity index (χ3n) is 1.72. The zero-order valence-electron chi connectivity index (χ0n) is 5.86. The average Bonchev–Trinajstić information content (AvgIpc) is 2.30. The van der Waals surface area contributed by atoms with E-state index in [1.165, 1.54) is 10.9 Å². The lowest BCUT2D eigenvalue weighted by Crippen LogP contribution is -2.04. The van der Waals surface area contributed by atoms with Gasteiger partial charge in [0, 0.05) is 5.39 Å². The Morgan fingerprint density at radius 2 is 2.00 bits per heavy atom. The molecule has 3 nitrogen and oxygen atoms in total. The molecule has 0 saturated carbocycles. The quantitative estimate of drug-likeness (QED) is 0.549. The van der Waals surface area contributed by atoms with Crippen LogP contribution in [0.1, 0.15) is 0 Å². The molecule has 11 heavy (non-hydrogen) atoms. The third-order valence-corrected chi connectivity index (χ3v) is 1.72. The predicted molar refractivity (Wildman–Crippen MR) is 43.8 cm³/mol. The van der Waals surface area contributed by atoms with Crippen molar-refractivity contribution in [3.63, 3.8) is 0 Å². The highest BCUT2D eigenvalue weighted by Gasteiger charge is 2.02. The number of fused-ring (bicyclic) bond motifs is 1. The van der Waals surface area contributed by atoms with Gasteiger partial charge in [0.25, 0.3) is 0 Å². The Morgan fingerprint density at radius 1 is 1.27 bits per heavy atom. The number of aromatic hydroxyl groups is 1. The SMILES string of the molecule is Nn1cc(O)c2ccccc21. The molecular formula is C8H8N2O. The molecule has 0 aliphatic rings. The minimum atomic E-state index is 0.225. The fourth-order valence-corrected chi connectivity index (χ4v) is 1.19. The van der Waals surface area contributed by atoms with Gasteiger partial charge in [-0.05, 0) is 12.1 Å². The molecule has 1 aromatic heterocycles. The molecule has 1 aromatic carbocycles. The molecule has 0 radical (unpaired) electrons. The summed E-state index contributed by atoms with van der Waals surface area (Å²) in [5.74, 6) is 5.76. The molecule has 0 bridgehead atoms. The van der Waals surface area contributed by atoms with Gasteiger partial charge in [0.15, 0.2) is 0 Å². The summed E-state index contributed by atoms with van der Waals surface area (Å²) in [5, 5.41) is 10.1. The van der Waals surface area contributed by atoms with E-state index < -0.39 is 0 Å². The number of hydrogen-bond acceptors (Lipinski definition) is 2. The van der Waals surface area contributed by atoms with Crippen LogP contribution in [0.15, 0.2) is 30.5 Å². The van der Waals surface area contributed by atoms with Gasteiger partial charge in [-0.2, -0.15) is 0 Å². The largest absolute Gasteiger partial charge is 0.506 e. The van der Waals surface area contributed by atoms with Crippen molar-refractivity contribution in [3.05, 3.63) is 30.5 Å². The number of aromatic nitrogens is 1. The first-order valence-electron chi connectivity index (χ1n) is 3.33. The smallest absolute Gasteiger partial charge is 0.143 e. The Kier molecular flexibility index (Phi) is 1.06. The van der Waals surface area contributed by atoms with Gasteiger partial charge >= 0.3 is 0 Å². The number of para-hydroxylation sites is 1. The second kappa shape index (κ2) is 1.92. The van der Waals surface area contributed by atoms with E-state index in [2.05, 4.69) is 0 Å². The van der Waals surface area contributed by atoms with Crippen molar-refractivity contribution >= 4 is 10.9 Å². The van der Waals surface area contributed by atoms with E-state index in [0.29, 0.717) is 0 Å².